The van der Waals surface area contributed by atoms with Crippen LogP contribution in [0.2, 0.25) is 0 Å². The maximum absolute atomic E-state index is 14.0. The lowest BCUT2D eigenvalue weighted by Gasteiger charge is -2.35. The Kier molecular flexibility index (Phi) is 8.00. The van der Waals surface area contributed by atoms with E-state index in [1.54, 1.807) is 59.5 Å². The molecule has 2 aliphatic heterocycles. The molecule has 0 saturated carbocycles. The third-order valence-electron chi connectivity index (χ3n) is 7.91. The van der Waals surface area contributed by atoms with E-state index in [0.29, 0.717) is 71.3 Å². The fourth-order valence-corrected chi connectivity index (χ4v) is 5.48. The van der Waals surface area contributed by atoms with Crippen molar-refractivity contribution in [2.24, 2.45) is 5.73 Å². The first kappa shape index (κ1) is 30.5. The van der Waals surface area contributed by atoms with Gasteiger partial charge in [-0.2, -0.15) is 13.2 Å². The summed E-state index contributed by atoms with van der Waals surface area (Å²) < 4.78 is 42.1. The topological polar surface area (TPSA) is 136 Å². The molecule has 6 N–H and O–H groups in total. The van der Waals surface area contributed by atoms with Gasteiger partial charge in [0.25, 0.3) is 11.8 Å². The molecule has 4 aromatic rings. The molecular weight excluding hydrogens is 599 g/mol. The quantitative estimate of drug-likeness (QED) is 0.175. The average molecular weight is 630 g/mol. The number of fused-ring (bicyclic) bond motifs is 1. The lowest BCUT2D eigenvalue weighted by atomic mass is 10.1. The number of rotatable bonds is 7. The van der Waals surface area contributed by atoms with Gasteiger partial charge in [-0.25, -0.2) is 0 Å². The van der Waals surface area contributed by atoms with Crippen LogP contribution < -0.4 is 26.6 Å². The number of aromatic amines is 1. The Morgan fingerprint density at radius 1 is 0.913 bits per heavy atom. The van der Waals surface area contributed by atoms with E-state index in [4.69, 9.17) is 5.73 Å². The molecule has 0 radical (unpaired) electrons. The molecule has 236 valence electrons. The van der Waals surface area contributed by atoms with E-state index in [-0.39, 0.29) is 17.2 Å². The minimum absolute atomic E-state index is 0.0676. The molecule has 0 unspecified atom stereocenters. The van der Waals surface area contributed by atoms with Gasteiger partial charge in [-0.1, -0.05) is 12.1 Å². The smallest absolute Gasteiger partial charge is 0.368 e. The highest BCUT2D eigenvalue weighted by Crippen LogP contribution is 2.38. The number of piperazine rings is 1. The van der Waals surface area contributed by atoms with Crippen LogP contribution >= 0.6 is 0 Å². The van der Waals surface area contributed by atoms with Gasteiger partial charge in [-0.05, 0) is 67.7 Å². The fourth-order valence-electron chi connectivity index (χ4n) is 5.48. The molecule has 2 aliphatic rings. The van der Waals surface area contributed by atoms with E-state index in [1.807, 2.05) is 7.05 Å². The minimum Gasteiger partial charge on any atom is -0.368 e. The molecule has 1 saturated heterocycles. The number of primary amides is 1. The maximum Gasteiger partial charge on any atom is 0.418 e. The molecule has 3 amide bonds. The van der Waals surface area contributed by atoms with Gasteiger partial charge in [-0.3, -0.25) is 14.4 Å². The number of nitrogens with two attached hydrogens (primary N) is 1. The number of hydrogen-bond acceptors (Lipinski definition) is 6. The van der Waals surface area contributed by atoms with Crippen molar-refractivity contribution >= 4 is 57.8 Å². The Labute approximate surface area is 262 Å². The summed E-state index contributed by atoms with van der Waals surface area (Å²) in [6, 6.07) is 17.3. The number of H-pyrrole nitrogens is 1. The van der Waals surface area contributed by atoms with E-state index in [9.17, 15) is 27.6 Å². The number of anilines is 5. The second-order valence-corrected chi connectivity index (χ2v) is 11.2. The largest absolute Gasteiger partial charge is 0.418 e. The number of hydrogen-bond donors (Lipinski definition) is 5. The number of carbonyl (C=O) groups excluding carboxylic acids is 3. The van der Waals surface area contributed by atoms with Crippen LogP contribution in [-0.2, 0) is 11.0 Å². The maximum atomic E-state index is 14.0. The molecule has 0 aliphatic carbocycles. The van der Waals surface area contributed by atoms with Crippen LogP contribution in [0.4, 0.5) is 41.6 Å². The van der Waals surface area contributed by atoms with E-state index in [1.165, 1.54) is 18.3 Å². The highest BCUT2D eigenvalue weighted by Gasteiger charge is 2.36. The molecule has 1 fully saturated rings. The van der Waals surface area contributed by atoms with Crippen molar-refractivity contribution in [2.45, 2.75) is 6.18 Å². The molecule has 3 aromatic carbocycles. The summed E-state index contributed by atoms with van der Waals surface area (Å²) in [5.74, 6) is -1.56. The van der Waals surface area contributed by atoms with Crippen LogP contribution in [0.5, 0.6) is 0 Å². The van der Waals surface area contributed by atoms with Crippen LogP contribution in [0.1, 0.15) is 37.5 Å². The van der Waals surface area contributed by atoms with E-state index < -0.39 is 23.6 Å². The number of benzene rings is 3. The highest BCUT2D eigenvalue weighted by atomic mass is 19.4. The Morgan fingerprint density at radius 3 is 2.37 bits per heavy atom. The van der Waals surface area contributed by atoms with Gasteiger partial charge in [0.05, 0.1) is 22.4 Å². The number of aromatic nitrogens is 1. The number of likely N-dealkylation sites (N-methyl/N-ethyl adjacent to an activating group) is 1. The normalized spacial score (nSPS) is 15.9. The lowest BCUT2D eigenvalue weighted by Crippen LogP contribution is -2.45. The monoisotopic (exact) mass is 629 g/mol. The van der Waals surface area contributed by atoms with Crippen molar-refractivity contribution in [1.29, 1.82) is 0 Å². The number of nitrogens with zero attached hydrogens (tertiary/aromatic N) is 2. The highest BCUT2D eigenvalue weighted by molar-refractivity contribution is 6.35. The van der Waals surface area contributed by atoms with Crippen LogP contribution in [0, 0.1) is 0 Å². The zero-order valence-electron chi connectivity index (χ0n) is 24.7. The summed E-state index contributed by atoms with van der Waals surface area (Å²) >= 11 is 0. The van der Waals surface area contributed by atoms with Crippen molar-refractivity contribution in [3.05, 3.63) is 101 Å². The SMILES string of the molecule is CN1CCN(c2ccc(C(=O)Nc3cccc(Nc4ccc5c(c4)NC(=O)C5=Cc4cc(C(N)=O)c[nH]4)c3)cc2C(F)(F)F)CC1. The van der Waals surface area contributed by atoms with Gasteiger partial charge in [0, 0.05) is 71.9 Å². The predicted octanol–water partition coefficient (Wildman–Crippen LogP) is 5.37. The summed E-state index contributed by atoms with van der Waals surface area (Å²) in [4.78, 5) is 43.8. The molecule has 10 nitrogen and oxygen atoms in total. The van der Waals surface area contributed by atoms with Crippen molar-refractivity contribution in [3.63, 3.8) is 0 Å². The lowest BCUT2D eigenvalue weighted by molar-refractivity contribution is -0.137. The van der Waals surface area contributed by atoms with Crippen LogP contribution in [0.25, 0.3) is 11.6 Å². The predicted molar refractivity (Wildman–Crippen MR) is 171 cm³/mol. The van der Waals surface area contributed by atoms with Gasteiger partial charge in [-0.15, -0.1) is 0 Å². The van der Waals surface area contributed by atoms with Crippen molar-refractivity contribution in [2.75, 3.05) is 54.1 Å². The van der Waals surface area contributed by atoms with Gasteiger partial charge in [0.15, 0.2) is 0 Å². The number of carbonyl (C=O) groups is 3. The first-order valence-electron chi connectivity index (χ1n) is 14.4. The first-order valence-corrected chi connectivity index (χ1v) is 14.4. The van der Waals surface area contributed by atoms with Crippen LogP contribution in [0.15, 0.2) is 72.9 Å². The minimum atomic E-state index is -4.62. The number of amides is 3. The number of nitrogens with one attached hydrogen (secondary N) is 4. The second kappa shape index (κ2) is 12.1. The van der Waals surface area contributed by atoms with Crippen molar-refractivity contribution in [1.82, 2.24) is 9.88 Å². The van der Waals surface area contributed by atoms with E-state index in [0.717, 1.165) is 6.07 Å². The Bertz CT molecular complexity index is 1870. The van der Waals surface area contributed by atoms with Gasteiger partial charge < -0.3 is 36.5 Å². The molecular formula is C33H30F3N7O3. The number of alkyl halides is 3. The molecule has 0 atom stereocenters. The van der Waals surface area contributed by atoms with Crippen LogP contribution in [0.3, 0.4) is 0 Å². The molecule has 6 rings (SSSR count). The number of halogens is 3. The zero-order chi connectivity index (χ0) is 32.6. The Morgan fingerprint density at radius 2 is 1.65 bits per heavy atom. The molecule has 13 heteroatoms. The summed E-state index contributed by atoms with van der Waals surface area (Å²) in [5.41, 5.74) is 8.56. The Balaban J connectivity index is 1.16. The van der Waals surface area contributed by atoms with Crippen molar-refractivity contribution < 1.29 is 27.6 Å². The molecule has 46 heavy (non-hydrogen) atoms. The fraction of sp³-hybridized carbons (Fsp3) is 0.182. The molecule has 0 spiro atoms. The van der Waals surface area contributed by atoms with Gasteiger partial charge in [0.1, 0.15) is 0 Å². The first-order chi connectivity index (χ1) is 21.9. The molecule has 0 bridgehead atoms. The Hall–Kier alpha value is -5.56. The third kappa shape index (κ3) is 6.44. The standard InChI is InChI=1S/C33H30F3N7O3/c1-42-9-11-43(12-10-42)29-8-5-19(14-27(29)33(34,35)36)31(45)40-22-4-2-3-21(15-22)39-23-6-7-25-26(32(46)41-28(25)17-23)16-24-13-20(18-38-24)30(37)44/h2-8,13-18,38-39H,9-12H2,1H3,(H2,37,44)(H,40,45)(H,41,46). The van der Waals surface area contributed by atoms with Gasteiger partial charge >= 0.3 is 6.18 Å². The summed E-state index contributed by atoms with van der Waals surface area (Å²) in [6.45, 7) is 2.23. The summed E-state index contributed by atoms with van der Waals surface area (Å²) in [6.07, 6.45) is -1.53. The molecule has 3 heterocycles. The van der Waals surface area contributed by atoms with Crippen LogP contribution in [-0.4, -0.2) is 60.8 Å². The van der Waals surface area contributed by atoms with E-state index >= 15 is 0 Å². The summed E-state index contributed by atoms with van der Waals surface area (Å²) in [5, 5.41) is 8.74. The third-order valence-corrected chi connectivity index (χ3v) is 7.91. The van der Waals surface area contributed by atoms with Crippen molar-refractivity contribution in [3.8, 4) is 0 Å². The van der Waals surface area contributed by atoms with E-state index in [2.05, 4.69) is 25.8 Å². The van der Waals surface area contributed by atoms with Gasteiger partial charge in [0.2, 0.25) is 5.91 Å². The zero-order valence-corrected chi connectivity index (χ0v) is 24.7. The summed E-state index contributed by atoms with van der Waals surface area (Å²) in [7, 11) is 1.93. The second-order valence-electron chi connectivity index (χ2n) is 11.2. The average Bonchev–Trinajstić information content (AvgIpc) is 3.61. The molecule has 1 aromatic heterocycles.